The van der Waals surface area contributed by atoms with Crippen molar-refractivity contribution in [3.8, 4) is 0 Å². The first-order valence-electron chi connectivity index (χ1n) is 6.26. The number of aromatic nitrogens is 2. The number of morpholine rings is 1. The molecule has 0 spiro atoms. The molecule has 17 heavy (non-hydrogen) atoms. The average Bonchev–Trinajstić information content (AvgIpc) is 2.64. The third-order valence-electron chi connectivity index (χ3n) is 2.95. The number of nitrogens with two attached hydrogens (primary N) is 1. The monoisotopic (exact) mass is 238 g/mol. The van der Waals surface area contributed by atoms with Crippen molar-refractivity contribution >= 4 is 0 Å². The maximum Gasteiger partial charge on any atom is 0.0950 e. The quantitative estimate of drug-likeness (QED) is 0.827. The molecule has 5 heteroatoms. The van der Waals surface area contributed by atoms with Crippen molar-refractivity contribution in [3.05, 3.63) is 18.2 Å². The van der Waals surface area contributed by atoms with Crippen LogP contribution >= 0.6 is 0 Å². The van der Waals surface area contributed by atoms with E-state index in [9.17, 15) is 0 Å². The molecule has 2 rings (SSSR count). The minimum atomic E-state index is 0.310. The minimum Gasteiger partial charge on any atom is -0.373 e. The van der Waals surface area contributed by atoms with Crippen LogP contribution in [0, 0.1) is 0 Å². The van der Waals surface area contributed by atoms with Gasteiger partial charge >= 0.3 is 0 Å². The van der Waals surface area contributed by atoms with Crippen molar-refractivity contribution in [3.63, 3.8) is 0 Å². The highest BCUT2D eigenvalue weighted by atomic mass is 16.5. The van der Waals surface area contributed by atoms with Crippen molar-refractivity contribution < 1.29 is 4.74 Å². The molecule has 96 valence electrons. The summed E-state index contributed by atoms with van der Waals surface area (Å²) < 4.78 is 7.76. The van der Waals surface area contributed by atoms with Crippen LogP contribution < -0.4 is 5.73 Å². The molecule has 1 aromatic rings. The Morgan fingerprint density at radius 2 is 2.12 bits per heavy atom. The summed E-state index contributed by atoms with van der Waals surface area (Å²) in [5, 5.41) is 0. The van der Waals surface area contributed by atoms with Crippen LogP contribution in [0.15, 0.2) is 12.5 Å². The van der Waals surface area contributed by atoms with Crippen LogP contribution in [-0.2, 0) is 17.8 Å². The van der Waals surface area contributed by atoms with E-state index in [1.807, 2.05) is 10.9 Å². The Hall–Kier alpha value is -0.910. The molecule has 0 radical (unpaired) electrons. The summed E-state index contributed by atoms with van der Waals surface area (Å²) >= 11 is 0. The highest BCUT2D eigenvalue weighted by molar-refractivity contribution is 4.97. The van der Waals surface area contributed by atoms with Crippen LogP contribution in [-0.4, -0.2) is 46.3 Å². The van der Waals surface area contributed by atoms with E-state index in [1.165, 1.54) is 0 Å². The van der Waals surface area contributed by atoms with Gasteiger partial charge in [-0.05, 0) is 13.8 Å². The van der Waals surface area contributed by atoms with E-state index >= 15 is 0 Å². The highest BCUT2D eigenvalue weighted by Crippen LogP contribution is 2.13. The van der Waals surface area contributed by atoms with Crippen molar-refractivity contribution in [2.45, 2.75) is 39.1 Å². The van der Waals surface area contributed by atoms with Crippen LogP contribution in [0.3, 0.4) is 0 Å². The zero-order valence-electron chi connectivity index (χ0n) is 10.7. The number of rotatable bonds is 4. The van der Waals surface area contributed by atoms with E-state index < -0.39 is 0 Å². The molecule has 2 N–H and O–H groups in total. The molecule has 0 unspecified atom stereocenters. The first-order chi connectivity index (χ1) is 8.17. The Morgan fingerprint density at radius 1 is 1.41 bits per heavy atom. The van der Waals surface area contributed by atoms with Crippen molar-refractivity contribution in [1.29, 1.82) is 0 Å². The van der Waals surface area contributed by atoms with Gasteiger partial charge in [-0.1, -0.05) is 0 Å². The van der Waals surface area contributed by atoms with Crippen LogP contribution in [0.2, 0.25) is 0 Å². The molecule has 0 aliphatic carbocycles. The number of hydrogen-bond acceptors (Lipinski definition) is 4. The van der Waals surface area contributed by atoms with E-state index in [0.717, 1.165) is 31.9 Å². The second kappa shape index (κ2) is 5.62. The Morgan fingerprint density at radius 3 is 2.76 bits per heavy atom. The van der Waals surface area contributed by atoms with E-state index in [4.69, 9.17) is 10.5 Å². The maximum atomic E-state index is 5.71. The van der Waals surface area contributed by atoms with Crippen LogP contribution in [0.5, 0.6) is 0 Å². The fourth-order valence-electron chi connectivity index (χ4n) is 2.40. The van der Waals surface area contributed by atoms with Crippen molar-refractivity contribution in [1.82, 2.24) is 14.5 Å². The molecule has 5 nitrogen and oxygen atoms in total. The summed E-state index contributed by atoms with van der Waals surface area (Å²) in [5.41, 5.74) is 6.63. The summed E-state index contributed by atoms with van der Waals surface area (Å²) in [6.45, 7) is 8.59. The molecule has 2 heterocycles. The third kappa shape index (κ3) is 3.52. The number of ether oxygens (including phenoxy) is 1. The summed E-state index contributed by atoms with van der Waals surface area (Å²) in [7, 11) is 0. The largest absolute Gasteiger partial charge is 0.373 e. The molecule has 0 saturated carbocycles. The van der Waals surface area contributed by atoms with Gasteiger partial charge in [0.2, 0.25) is 0 Å². The van der Waals surface area contributed by atoms with Gasteiger partial charge in [-0.15, -0.1) is 0 Å². The zero-order chi connectivity index (χ0) is 12.3. The van der Waals surface area contributed by atoms with Gasteiger partial charge in [0.25, 0.3) is 0 Å². The zero-order valence-corrected chi connectivity index (χ0v) is 10.7. The normalized spacial score (nSPS) is 26.3. The molecular weight excluding hydrogens is 216 g/mol. The molecular formula is C12H22N4O. The van der Waals surface area contributed by atoms with E-state index in [1.54, 1.807) is 0 Å². The van der Waals surface area contributed by atoms with Gasteiger partial charge in [0, 0.05) is 38.9 Å². The number of hydrogen-bond donors (Lipinski definition) is 1. The highest BCUT2D eigenvalue weighted by Gasteiger charge is 2.22. The maximum absolute atomic E-state index is 5.71. The van der Waals surface area contributed by atoms with Gasteiger partial charge in [0.05, 0.1) is 24.2 Å². The van der Waals surface area contributed by atoms with Gasteiger partial charge in [-0.2, -0.15) is 0 Å². The summed E-state index contributed by atoms with van der Waals surface area (Å²) in [6.07, 6.45) is 4.56. The van der Waals surface area contributed by atoms with Gasteiger partial charge in [0.1, 0.15) is 0 Å². The molecule has 0 bridgehead atoms. The summed E-state index contributed by atoms with van der Waals surface area (Å²) in [4.78, 5) is 6.80. The predicted molar refractivity (Wildman–Crippen MR) is 66.6 cm³/mol. The van der Waals surface area contributed by atoms with E-state index in [2.05, 4.69) is 29.9 Å². The Labute approximate surface area is 103 Å². The first kappa shape index (κ1) is 12.5. The van der Waals surface area contributed by atoms with Crippen molar-refractivity contribution in [2.24, 2.45) is 5.73 Å². The van der Waals surface area contributed by atoms with Crippen LogP contribution in [0.1, 0.15) is 19.5 Å². The van der Waals surface area contributed by atoms with Crippen molar-refractivity contribution in [2.75, 3.05) is 19.6 Å². The minimum absolute atomic E-state index is 0.310. The summed E-state index contributed by atoms with van der Waals surface area (Å²) in [5.74, 6) is 0. The van der Waals surface area contributed by atoms with Gasteiger partial charge in [-0.25, -0.2) is 4.98 Å². The van der Waals surface area contributed by atoms with Crippen LogP contribution in [0.25, 0.3) is 0 Å². The molecule has 0 aromatic carbocycles. The lowest BCUT2D eigenvalue weighted by Crippen LogP contribution is -2.44. The second-order valence-corrected chi connectivity index (χ2v) is 4.84. The van der Waals surface area contributed by atoms with E-state index in [0.29, 0.717) is 18.8 Å². The molecule has 1 aromatic heterocycles. The fraction of sp³-hybridized carbons (Fsp3) is 0.750. The number of nitrogens with zero attached hydrogens (tertiary/aromatic N) is 3. The topological polar surface area (TPSA) is 56.3 Å². The Bertz CT molecular complexity index is 342. The molecule has 1 aliphatic rings. The predicted octanol–water partition coefficient (Wildman–Crippen LogP) is 0.451. The first-order valence-corrected chi connectivity index (χ1v) is 6.26. The molecule has 1 aliphatic heterocycles. The van der Waals surface area contributed by atoms with Gasteiger partial charge < -0.3 is 15.0 Å². The molecule has 1 saturated heterocycles. The standard InChI is InChI=1S/C12H22N4O/c1-10-5-16(6-11(2)17-10)8-12-7-15(4-3-13)9-14-12/h7,9-11H,3-6,8,13H2,1-2H3/t10-,11+. The number of imidazole rings is 1. The lowest BCUT2D eigenvalue weighted by molar-refractivity contribution is -0.0707. The molecule has 2 atom stereocenters. The Balaban J connectivity index is 1.90. The molecule has 0 amide bonds. The Kier molecular flexibility index (Phi) is 4.15. The third-order valence-corrected chi connectivity index (χ3v) is 2.95. The lowest BCUT2D eigenvalue weighted by atomic mass is 10.2. The van der Waals surface area contributed by atoms with Gasteiger partial charge in [0.15, 0.2) is 0 Å². The van der Waals surface area contributed by atoms with E-state index in [-0.39, 0.29) is 0 Å². The lowest BCUT2D eigenvalue weighted by Gasteiger charge is -2.34. The average molecular weight is 238 g/mol. The second-order valence-electron chi connectivity index (χ2n) is 4.84. The summed E-state index contributed by atoms with van der Waals surface area (Å²) in [6, 6.07) is 0. The fourth-order valence-corrected chi connectivity index (χ4v) is 2.40. The van der Waals surface area contributed by atoms with Gasteiger partial charge in [-0.3, -0.25) is 4.90 Å². The smallest absolute Gasteiger partial charge is 0.0950 e. The van der Waals surface area contributed by atoms with Crippen LogP contribution in [0.4, 0.5) is 0 Å². The molecule has 1 fully saturated rings. The SMILES string of the molecule is C[C@@H]1CN(Cc2cn(CCN)cn2)C[C@H](C)O1.